The fourth-order valence-electron chi connectivity index (χ4n) is 1.88. The molecule has 21 heavy (non-hydrogen) atoms. The lowest BCUT2D eigenvalue weighted by Crippen LogP contribution is -1.94. The molecule has 0 spiro atoms. The SMILES string of the molecule is O=C(O)c1cc(-c2ccccc2Oc2ccccc2)on1. The van der Waals surface area contributed by atoms with Gasteiger partial charge in [-0.15, -0.1) is 0 Å². The van der Waals surface area contributed by atoms with Gasteiger partial charge in [0.25, 0.3) is 0 Å². The number of carboxylic acids is 1. The predicted molar refractivity (Wildman–Crippen MR) is 75.4 cm³/mol. The van der Waals surface area contributed by atoms with Gasteiger partial charge in [0, 0.05) is 6.07 Å². The normalized spacial score (nSPS) is 10.3. The zero-order valence-corrected chi connectivity index (χ0v) is 10.9. The maximum Gasteiger partial charge on any atom is 0.358 e. The Hall–Kier alpha value is -3.08. The van der Waals surface area contributed by atoms with E-state index in [1.165, 1.54) is 6.07 Å². The van der Waals surface area contributed by atoms with E-state index in [1.807, 2.05) is 42.5 Å². The Kier molecular flexibility index (Phi) is 3.39. The number of ether oxygens (including phenoxy) is 1. The molecule has 0 bridgehead atoms. The molecule has 0 aliphatic carbocycles. The van der Waals surface area contributed by atoms with Gasteiger partial charge in [-0.25, -0.2) is 4.79 Å². The van der Waals surface area contributed by atoms with Gasteiger partial charge in [0.05, 0.1) is 5.56 Å². The summed E-state index contributed by atoms with van der Waals surface area (Å²) in [5.41, 5.74) is 0.501. The van der Waals surface area contributed by atoms with Crippen LogP contribution in [0.3, 0.4) is 0 Å². The second-order valence-corrected chi connectivity index (χ2v) is 4.29. The molecule has 3 aromatic rings. The number of para-hydroxylation sites is 2. The summed E-state index contributed by atoms with van der Waals surface area (Å²) >= 11 is 0. The summed E-state index contributed by atoms with van der Waals surface area (Å²) in [5.74, 6) is 0.463. The number of carboxylic acid groups (broad SMARTS) is 1. The average Bonchev–Trinajstić information content (AvgIpc) is 2.99. The smallest absolute Gasteiger partial charge is 0.358 e. The van der Waals surface area contributed by atoms with Crippen LogP contribution in [0.15, 0.2) is 65.2 Å². The van der Waals surface area contributed by atoms with Gasteiger partial charge in [-0.2, -0.15) is 0 Å². The van der Waals surface area contributed by atoms with Crippen LogP contribution in [-0.2, 0) is 0 Å². The van der Waals surface area contributed by atoms with Gasteiger partial charge < -0.3 is 14.4 Å². The van der Waals surface area contributed by atoms with Crippen molar-refractivity contribution < 1.29 is 19.2 Å². The van der Waals surface area contributed by atoms with E-state index in [9.17, 15) is 4.79 Å². The van der Waals surface area contributed by atoms with Crippen molar-refractivity contribution in [2.75, 3.05) is 0 Å². The zero-order chi connectivity index (χ0) is 14.7. The molecule has 2 aromatic carbocycles. The summed E-state index contributed by atoms with van der Waals surface area (Å²) in [7, 11) is 0. The molecule has 1 N–H and O–H groups in total. The Morgan fingerprint density at radius 3 is 2.48 bits per heavy atom. The summed E-state index contributed by atoms with van der Waals surface area (Å²) in [5, 5.41) is 12.4. The van der Waals surface area contributed by atoms with E-state index in [1.54, 1.807) is 12.1 Å². The standard InChI is InChI=1S/C16H11NO4/c18-16(19)13-10-15(21-17-13)12-8-4-5-9-14(12)20-11-6-2-1-3-7-11/h1-10H,(H,18,19). The molecular formula is C16H11NO4. The number of hydrogen-bond acceptors (Lipinski definition) is 4. The van der Waals surface area contributed by atoms with E-state index in [0.29, 0.717) is 22.8 Å². The van der Waals surface area contributed by atoms with Gasteiger partial charge in [-0.05, 0) is 24.3 Å². The molecule has 0 saturated carbocycles. The number of hydrogen-bond donors (Lipinski definition) is 1. The van der Waals surface area contributed by atoms with Crippen molar-refractivity contribution in [3.8, 4) is 22.8 Å². The van der Waals surface area contributed by atoms with Gasteiger partial charge in [0.2, 0.25) is 0 Å². The summed E-state index contributed by atoms with van der Waals surface area (Å²) in [6.07, 6.45) is 0. The molecule has 1 heterocycles. The lowest BCUT2D eigenvalue weighted by atomic mass is 10.1. The van der Waals surface area contributed by atoms with Crippen LogP contribution in [0.4, 0.5) is 0 Å². The highest BCUT2D eigenvalue weighted by molar-refractivity contribution is 5.86. The third kappa shape index (κ3) is 2.76. The highest BCUT2D eigenvalue weighted by Gasteiger charge is 2.15. The Morgan fingerprint density at radius 2 is 1.76 bits per heavy atom. The van der Waals surface area contributed by atoms with Crippen molar-refractivity contribution in [2.45, 2.75) is 0 Å². The minimum atomic E-state index is -1.13. The Balaban J connectivity index is 1.97. The van der Waals surface area contributed by atoms with Crippen LogP contribution >= 0.6 is 0 Å². The number of aromatic carboxylic acids is 1. The van der Waals surface area contributed by atoms with Gasteiger partial charge in [0.15, 0.2) is 11.5 Å². The van der Waals surface area contributed by atoms with Gasteiger partial charge in [0.1, 0.15) is 11.5 Å². The van der Waals surface area contributed by atoms with Crippen LogP contribution in [0.2, 0.25) is 0 Å². The van der Waals surface area contributed by atoms with Crippen LogP contribution < -0.4 is 4.74 Å². The average molecular weight is 281 g/mol. The summed E-state index contributed by atoms with van der Waals surface area (Å²) in [6, 6.07) is 17.9. The van der Waals surface area contributed by atoms with E-state index in [0.717, 1.165) is 0 Å². The zero-order valence-electron chi connectivity index (χ0n) is 10.9. The molecule has 3 rings (SSSR count). The number of carbonyl (C=O) groups is 1. The van der Waals surface area contributed by atoms with Crippen molar-refractivity contribution in [3.63, 3.8) is 0 Å². The van der Waals surface area contributed by atoms with Crippen LogP contribution in [0.5, 0.6) is 11.5 Å². The maximum atomic E-state index is 10.9. The van der Waals surface area contributed by atoms with Gasteiger partial charge >= 0.3 is 5.97 Å². The summed E-state index contributed by atoms with van der Waals surface area (Å²) in [4.78, 5) is 10.9. The van der Waals surface area contributed by atoms with Crippen molar-refractivity contribution in [1.82, 2.24) is 5.16 Å². The number of nitrogens with zero attached hydrogens (tertiary/aromatic N) is 1. The largest absolute Gasteiger partial charge is 0.476 e. The molecule has 0 aliphatic heterocycles. The second kappa shape index (κ2) is 5.50. The molecule has 0 atom stereocenters. The van der Waals surface area contributed by atoms with Crippen LogP contribution in [0.1, 0.15) is 10.5 Å². The number of rotatable bonds is 4. The van der Waals surface area contributed by atoms with E-state index < -0.39 is 5.97 Å². The fraction of sp³-hybridized carbons (Fsp3) is 0. The first-order valence-corrected chi connectivity index (χ1v) is 6.26. The molecule has 5 nitrogen and oxygen atoms in total. The van der Waals surface area contributed by atoms with E-state index >= 15 is 0 Å². The topological polar surface area (TPSA) is 72.6 Å². The second-order valence-electron chi connectivity index (χ2n) is 4.29. The molecular weight excluding hydrogens is 270 g/mol. The molecule has 5 heteroatoms. The Labute approximate surface area is 120 Å². The summed E-state index contributed by atoms with van der Waals surface area (Å²) in [6.45, 7) is 0. The molecule has 0 amide bonds. The van der Waals surface area contributed by atoms with Crippen molar-refractivity contribution in [3.05, 3.63) is 66.4 Å². The summed E-state index contributed by atoms with van der Waals surface area (Å²) < 4.78 is 10.9. The third-order valence-corrected chi connectivity index (χ3v) is 2.85. The molecule has 104 valence electrons. The molecule has 0 aliphatic rings. The minimum absolute atomic E-state index is 0.139. The number of benzene rings is 2. The fourth-order valence-corrected chi connectivity index (χ4v) is 1.88. The Bertz CT molecular complexity index is 765. The monoisotopic (exact) mass is 281 g/mol. The van der Waals surface area contributed by atoms with Crippen molar-refractivity contribution in [2.24, 2.45) is 0 Å². The lowest BCUT2D eigenvalue weighted by molar-refractivity contribution is 0.0686. The lowest BCUT2D eigenvalue weighted by Gasteiger charge is -2.08. The quantitative estimate of drug-likeness (QED) is 0.786. The van der Waals surface area contributed by atoms with Crippen molar-refractivity contribution in [1.29, 1.82) is 0 Å². The highest BCUT2D eigenvalue weighted by atomic mass is 16.5. The molecule has 0 radical (unpaired) electrons. The van der Waals surface area contributed by atoms with Crippen LogP contribution in [0.25, 0.3) is 11.3 Å². The molecule has 0 saturated heterocycles. The van der Waals surface area contributed by atoms with E-state index in [2.05, 4.69) is 5.16 Å². The van der Waals surface area contributed by atoms with Gasteiger partial charge in [-0.1, -0.05) is 35.5 Å². The molecule has 1 aromatic heterocycles. The maximum absolute atomic E-state index is 10.9. The highest BCUT2D eigenvalue weighted by Crippen LogP contribution is 2.33. The van der Waals surface area contributed by atoms with Crippen molar-refractivity contribution >= 4 is 5.97 Å². The first kappa shape index (κ1) is 12.9. The van der Waals surface area contributed by atoms with E-state index in [4.69, 9.17) is 14.4 Å². The Morgan fingerprint density at radius 1 is 1.05 bits per heavy atom. The van der Waals surface area contributed by atoms with Crippen LogP contribution in [-0.4, -0.2) is 16.2 Å². The third-order valence-electron chi connectivity index (χ3n) is 2.85. The first-order chi connectivity index (χ1) is 10.2. The first-order valence-electron chi connectivity index (χ1n) is 6.26. The predicted octanol–water partition coefficient (Wildman–Crippen LogP) is 3.83. The molecule has 0 fully saturated rings. The van der Waals surface area contributed by atoms with E-state index in [-0.39, 0.29) is 5.69 Å². The minimum Gasteiger partial charge on any atom is -0.476 e. The van der Waals surface area contributed by atoms with Crippen LogP contribution in [0, 0.1) is 0 Å². The molecule has 0 unspecified atom stereocenters. The van der Waals surface area contributed by atoms with Gasteiger partial charge in [-0.3, -0.25) is 0 Å². The number of aromatic nitrogens is 1.